The van der Waals surface area contributed by atoms with E-state index in [0.29, 0.717) is 6.54 Å². The molecule has 2 nitrogen and oxygen atoms in total. The maximum Gasteiger partial charge on any atom is 0.124 e. The van der Waals surface area contributed by atoms with E-state index in [1.54, 1.807) is 6.07 Å². The molecule has 1 aromatic carbocycles. The Balaban J connectivity index is 2.11. The predicted molar refractivity (Wildman–Crippen MR) is 79.5 cm³/mol. The number of nitrogens with zero attached hydrogens (tertiary/aromatic N) is 1. The van der Waals surface area contributed by atoms with Crippen LogP contribution in [0.4, 0.5) is 4.39 Å². The van der Waals surface area contributed by atoms with Crippen molar-refractivity contribution in [2.75, 3.05) is 0 Å². The molecular weight excluding hydrogens is 307 g/mol. The van der Waals surface area contributed by atoms with E-state index < -0.39 is 0 Å². The number of halogens is 2. The van der Waals surface area contributed by atoms with Crippen LogP contribution < -0.4 is 5.73 Å². The molecule has 19 heavy (non-hydrogen) atoms. The molecule has 0 amide bonds. The van der Waals surface area contributed by atoms with E-state index in [1.165, 1.54) is 6.07 Å². The molecule has 0 spiro atoms. The molecule has 0 aliphatic heterocycles. The van der Waals surface area contributed by atoms with Crippen LogP contribution >= 0.6 is 15.9 Å². The Morgan fingerprint density at radius 3 is 2.84 bits per heavy atom. The van der Waals surface area contributed by atoms with Crippen LogP contribution in [0.5, 0.6) is 0 Å². The van der Waals surface area contributed by atoms with Crippen LogP contribution in [0.15, 0.2) is 41.1 Å². The Hall–Kier alpha value is -1.13. The molecule has 0 fully saturated rings. The van der Waals surface area contributed by atoms with Gasteiger partial charge in [0.05, 0.1) is 0 Å². The minimum atomic E-state index is -0.223. The van der Waals surface area contributed by atoms with Crippen molar-refractivity contribution in [2.24, 2.45) is 5.73 Å². The average Bonchev–Trinajstić information content (AvgIpc) is 2.76. The quantitative estimate of drug-likeness (QED) is 0.876. The van der Waals surface area contributed by atoms with Gasteiger partial charge in [0.25, 0.3) is 0 Å². The molecule has 0 radical (unpaired) electrons. The van der Waals surface area contributed by atoms with Gasteiger partial charge in [0.1, 0.15) is 5.82 Å². The summed E-state index contributed by atoms with van der Waals surface area (Å²) >= 11 is 3.31. The molecule has 0 aliphatic rings. The summed E-state index contributed by atoms with van der Waals surface area (Å²) in [4.78, 5) is 0. The highest BCUT2D eigenvalue weighted by Crippen LogP contribution is 2.19. The van der Waals surface area contributed by atoms with E-state index in [-0.39, 0.29) is 11.9 Å². The molecule has 1 heterocycles. The van der Waals surface area contributed by atoms with E-state index in [2.05, 4.69) is 22.9 Å². The third-order valence-electron chi connectivity index (χ3n) is 3.09. The summed E-state index contributed by atoms with van der Waals surface area (Å²) < 4.78 is 16.1. The molecule has 0 bridgehead atoms. The van der Waals surface area contributed by atoms with Crippen LogP contribution in [0.25, 0.3) is 0 Å². The zero-order valence-electron chi connectivity index (χ0n) is 10.9. The summed E-state index contributed by atoms with van der Waals surface area (Å²) in [6.45, 7) is 2.77. The highest BCUT2D eigenvalue weighted by molar-refractivity contribution is 9.10. The van der Waals surface area contributed by atoms with Crippen molar-refractivity contribution in [3.05, 3.63) is 58.1 Å². The largest absolute Gasteiger partial charge is 0.350 e. The first kappa shape index (κ1) is 14.3. The highest BCUT2D eigenvalue weighted by Gasteiger charge is 2.07. The molecule has 4 heteroatoms. The average molecular weight is 325 g/mol. The topological polar surface area (TPSA) is 30.9 Å². The first-order chi connectivity index (χ1) is 9.08. The summed E-state index contributed by atoms with van der Waals surface area (Å²) in [5.74, 6) is -0.223. The second-order valence-electron chi connectivity index (χ2n) is 4.79. The van der Waals surface area contributed by atoms with E-state index in [4.69, 9.17) is 5.73 Å². The summed E-state index contributed by atoms with van der Waals surface area (Å²) in [6, 6.07) is 7.06. The highest BCUT2D eigenvalue weighted by atomic mass is 79.9. The van der Waals surface area contributed by atoms with Crippen molar-refractivity contribution in [3.63, 3.8) is 0 Å². The number of hydrogen-bond donors (Lipinski definition) is 1. The summed E-state index contributed by atoms with van der Waals surface area (Å²) in [5, 5.41) is 0. The molecular formula is C15H18BrFN2. The zero-order chi connectivity index (χ0) is 13.8. The standard InChI is InChI=1S/C15H18BrFN2/c1-2-3-15(18)12-4-5-19(10-12)9-11-6-13(16)8-14(17)7-11/h4-8,10,15H,2-3,9,18H2,1H3. The fourth-order valence-electron chi connectivity index (χ4n) is 2.17. The second-order valence-corrected chi connectivity index (χ2v) is 5.71. The Bertz CT molecular complexity index is 531. The van der Waals surface area contributed by atoms with Gasteiger partial charge in [0.2, 0.25) is 0 Å². The second kappa shape index (κ2) is 6.35. The van der Waals surface area contributed by atoms with Crippen LogP contribution in [0.1, 0.15) is 36.9 Å². The Labute approximate surface area is 121 Å². The van der Waals surface area contributed by atoms with Gasteiger partial charge in [-0.3, -0.25) is 0 Å². The monoisotopic (exact) mass is 324 g/mol. The lowest BCUT2D eigenvalue weighted by Gasteiger charge is -2.08. The SMILES string of the molecule is CCCC(N)c1ccn(Cc2cc(F)cc(Br)c2)c1. The van der Waals surface area contributed by atoms with Gasteiger partial charge in [-0.05, 0) is 41.8 Å². The lowest BCUT2D eigenvalue weighted by molar-refractivity contribution is 0.621. The number of aromatic nitrogens is 1. The van der Waals surface area contributed by atoms with Gasteiger partial charge < -0.3 is 10.3 Å². The van der Waals surface area contributed by atoms with E-state index in [0.717, 1.165) is 28.4 Å². The Kier molecular flexibility index (Phi) is 4.77. The van der Waals surface area contributed by atoms with Crippen molar-refractivity contribution in [2.45, 2.75) is 32.4 Å². The van der Waals surface area contributed by atoms with Gasteiger partial charge in [-0.1, -0.05) is 29.3 Å². The fraction of sp³-hybridized carbons (Fsp3) is 0.333. The minimum absolute atomic E-state index is 0.0884. The Morgan fingerprint density at radius 2 is 2.16 bits per heavy atom. The van der Waals surface area contributed by atoms with Crippen LogP contribution in [0.3, 0.4) is 0 Å². The number of rotatable bonds is 5. The van der Waals surface area contributed by atoms with Crippen LogP contribution in [0, 0.1) is 5.82 Å². The molecule has 0 aliphatic carbocycles. The molecule has 1 atom stereocenters. The summed E-state index contributed by atoms with van der Waals surface area (Å²) in [6.07, 6.45) is 6.08. The Morgan fingerprint density at radius 1 is 1.37 bits per heavy atom. The van der Waals surface area contributed by atoms with Crippen molar-refractivity contribution in [1.29, 1.82) is 0 Å². The molecule has 2 aromatic rings. The first-order valence-corrected chi connectivity index (χ1v) is 7.24. The number of benzene rings is 1. The zero-order valence-corrected chi connectivity index (χ0v) is 12.5. The van der Waals surface area contributed by atoms with E-state index in [9.17, 15) is 4.39 Å². The summed E-state index contributed by atoms with van der Waals surface area (Å²) in [7, 11) is 0. The molecule has 1 unspecified atom stereocenters. The molecule has 0 saturated carbocycles. The van der Waals surface area contributed by atoms with Gasteiger partial charge in [0, 0.05) is 29.5 Å². The van der Waals surface area contributed by atoms with Gasteiger partial charge in [-0.2, -0.15) is 0 Å². The van der Waals surface area contributed by atoms with E-state index in [1.807, 2.05) is 29.1 Å². The third-order valence-corrected chi connectivity index (χ3v) is 3.55. The smallest absolute Gasteiger partial charge is 0.124 e. The molecule has 1 aromatic heterocycles. The van der Waals surface area contributed by atoms with Crippen LogP contribution in [0.2, 0.25) is 0 Å². The van der Waals surface area contributed by atoms with Gasteiger partial charge in [-0.25, -0.2) is 4.39 Å². The normalized spacial score (nSPS) is 12.6. The van der Waals surface area contributed by atoms with Crippen LogP contribution in [-0.2, 0) is 6.54 Å². The molecule has 0 saturated heterocycles. The van der Waals surface area contributed by atoms with Crippen molar-refractivity contribution < 1.29 is 4.39 Å². The fourth-order valence-corrected chi connectivity index (χ4v) is 2.68. The lowest BCUT2D eigenvalue weighted by atomic mass is 10.1. The molecule has 2 rings (SSSR count). The maximum atomic E-state index is 13.3. The molecule has 2 N–H and O–H groups in total. The predicted octanol–water partition coefficient (Wildman–Crippen LogP) is 4.24. The first-order valence-electron chi connectivity index (χ1n) is 6.44. The lowest BCUT2D eigenvalue weighted by Crippen LogP contribution is -2.08. The molecule has 102 valence electrons. The van der Waals surface area contributed by atoms with Gasteiger partial charge in [-0.15, -0.1) is 0 Å². The van der Waals surface area contributed by atoms with Crippen molar-refractivity contribution in [3.8, 4) is 0 Å². The summed E-state index contributed by atoms with van der Waals surface area (Å²) in [5.41, 5.74) is 8.14. The minimum Gasteiger partial charge on any atom is -0.350 e. The van der Waals surface area contributed by atoms with Crippen LogP contribution in [-0.4, -0.2) is 4.57 Å². The van der Waals surface area contributed by atoms with E-state index >= 15 is 0 Å². The number of nitrogens with two attached hydrogens (primary N) is 1. The van der Waals surface area contributed by atoms with Gasteiger partial charge in [0.15, 0.2) is 0 Å². The van der Waals surface area contributed by atoms with Gasteiger partial charge >= 0.3 is 0 Å². The van der Waals surface area contributed by atoms with Crippen molar-refractivity contribution >= 4 is 15.9 Å². The maximum absolute atomic E-state index is 13.3. The number of hydrogen-bond acceptors (Lipinski definition) is 1. The van der Waals surface area contributed by atoms with Crippen molar-refractivity contribution in [1.82, 2.24) is 4.57 Å². The third kappa shape index (κ3) is 3.91.